The molecule has 0 unspecified atom stereocenters. The molecule has 1 heterocycles. The Balaban J connectivity index is 1.34. The first-order valence-corrected chi connectivity index (χ1v) is 11.1. The van der Waals surface area contributed by atoms with Crippen LogP contribution in [0.15, 0.2) is 78.9 Å². The fourth-order valence-electron chi connectivity index (χ4n) is 3.79. The van der Waals surface area contributed by atoms with Gasteiger partial charge in [0.05, 0.1) is 17.7 Å². The molecule has 0 aliphatic rings. The van der Waals surface area contributed by atoms with E-state index in [1.54, 1.807) is 23.0 Å². The smallest absolute Gasteiger partial charge is 0.311 e. The van der Waals surface area contributed by atoms with E-state index in [0.29, 0.717) is 16.7 Å². The molecule has 1 aromatic heterocycles. The molecule has 0 saturated heterocycles. The number of rotatable bonds is 5. The van der Waals surface area contributed by atoms with Crippen molar-refractivity contribution in [2.45, 2.75) is 0 Å². The Morgan fingerprint density at radius 3 is 2.58 bits per heavy atom. The minimum atomic E-state index is -0.618. The fraction of sp³-hybridized carbons (Fsp3) is 0.0400. The molecule has 36 heavy (non-hydrogen) atoms. The highest BCUT2D eigenvalue weighted by atomic mass is 32.1. The van der Waals surface area contributed by atoms with E-state index in [9.17, 15) is 14.9 Å². The van der Waals surface area contributed by atoms with E-state index in [1.165, 1.54) is 19.2 Å². The van der Waals surface area contributed by atoms with Crippen molar-refractivity contribution >= 4 is 56.4 Å². The van der Waals surface area contributed by atoms with Crippen LogP contribution in [-0.4, -0.2) is 38.0 Å². The number of carbonyl (C=O) groups is 1. The molecule has 0 bridgehead atoms. The Hall–Kier alpha value is -4.90. The van der Waals surface area contributed by atoms with Crippen molar-refractivity contribution < 1.29 is 14.5 Å². The summed E-state index contributed by atoms with van der Waals surface area (Å²) in [7, 11) is 1.32. The molecule has 0 radical (unpaired) electrons. The third-order valence-corrected chi connectivity index (χ3v) is 5.69. The number of nitrogens with one attached hydrogen (secondary N) is 2. The molecular formula is C25H18N6O4S. The van der Waals surface area contributed by atoms with Gasteiger partial charge in [-0.1, -0.05) is 36.4 Å². The van der Waals surface area contributed by atoms with Gasteiger partial charge in [0, 0.05) is 22.7 Å². The van der Waals surface area contributed by atoms with Crippen molar-refractivity contribution in [2.75, 3.05) is 12.4 Å². The van der Waals surface area contributed by atoms with Crippen molar-refractivity contribution in [3.8, 4) is 11.4 Å². The highest BCUT2D eigenvalue weighted by Crippen LogP contribution is 2.27. The Labute approximate surface area is 209 Å². The van der Waals surface area contributed by atoms with Gasteiger partial charge >= 0.3 is 5.69 Å². The molecule has 10 nitrogen and oxygen atoms in total. The molecule has 0 fully saturated rings. The highest BCUT2D eigenvalue weighted by Gasteiger charge is 2.19. The number of thiocarbonyl (C=S) groups is 1. The van der Waals surface area contributed by atoms with E-state index >= 15 is 0 Å². The Morgan fingerprint density at radius 2 is 1.78 bits per heavy atom. The second-order valence-electron chi connectivity index (χ2n) is 7.74. The summed E-state index contributed by atoms with van der Waals surface area (Å²) in [6.45, 7) is 0. The summed E-state index contributed by atoms with van der Waals surface area (Å²) < 4.78 is 4.96. The van der Waals surface area contributed by atoms with E-state index in [1.807, 2.05) is 42.5 Å². The SMILES string of the molecule is COc1ccc(C(=O)NC(=S)Nc2ccc3nn(-c4cccc5ccccc45)nc3c2)cc1[N+](=O)[O-]. The number of hydrogen-bond acceptors (Lipinski definition) is 7. The number of hydrogen-bond donors (Lipinski definition) is 2. The highest BCUT2D eigenvalue weighted by molar-refractivity contribution is 7.80. The molecule has 5 aromatic rings. The summed E-state index contributed by atoms with van der Waals surface area (Å²) in [5.41, 5.74) is 2.53. The Morgan fingerprint density at radius 1 is 1.00 bits per heavy atom. The topological polar surface area (TPSA) is 124 Å². The second-order valence-corrected chi connectivity index (χ2v) is 8.15. The minimum absolute atomic E-state index is 0.0271. The first-order chi connectivity index (χ1) is 17.4. The van der Waals surface area contributed by atoms with Crippen LogP contribution in [0.1, 0.15) is 10.4 Å². The van der Waals surface area contributed by atoms with Crippen molar-refractivity contribution in [3.63, 3.8) is 0 Å². The lowest BCUT2D eigenvalue weighted by Gasteiger charge is -2.10. The first-order valence-electron chi connectivity index (χ1n) is 10.7. The summed E-state index contributed by atoms with van der Waals surface area (Å²) in [6, 6.07) is 23.2. The number of methoxy groups -OCH3 is 1. The van der Waals surface area contributed by atoms with Crippen LogP contribution >= 0.6 is 12.2 Å². The third-order valence-electron chi connectivity index (χ3n) is 5.49. The van der Waals surface area contributed by atoms with Gasteiger partial charge in [0.2, 0.25) is 0 Å². The van der Waals surface area contributed by atoms with Gasteiger partial charge in [0.25, 0.3) is 5.91 Å². The average Bonchev–Trinajstić information content (AvgIpc) is 3.31. The van der Waals surface area contributed by atoms with Crippen molar-refractivity contribution in [2.24, 2.45) is 0 Å². The van der Waals surface area contributed by atoms with Gasteiger partial charge < -0.3 is 10.1 Å². The van der Waals surface area contributed by atoms with Gasteiger partial charge in [-0.05, 0) is 54.0 Å². The quantitative estimate of drug-likeness (QED) is 0.204. The summed E-state index contributed by atoms with van der Waals surface area (Å²) in [6.07, 6.45) is 0. The molecule has 0 spiro atoms. The standard InChI is InChI=1S/C25H18N6O4S/c1-35-23-12-9-16(13-22(23)31(33)34)24(32)27-25(36)26-17-10-11-19-20(14-17)29-30(28-19)21-8-4-6-15-5-2-3-7-18(15)21/h2-14H,1H3,(H2,26,27,32,36). The molecule has 5 rings (SSSR count). The molecule has 4 aromatic carbocycles. The lowest BCUT2D eigenvalue weighted by atomic mass is 10.1. The minimum Gasteiger partial charge on any atom is -0.490 e. The number of benzene rings is 4. The van der Waals surface area contributed by atoms with E-state index in [0.717, 1.165) is 22.5 Å². The molecule has 0 atom stereocenters. The van der Waals surface area contributed by atoms with Crippen molar-refractivity contribution in [3.05, 3.63) is 94.5 Å². The number of ether oxygens (including phenoxy) is 1. The molecule has 1 amide bonds. The van der Waals surface area contributed by atoms with E-state index in [-0.39, 0.29) is 22.1 Å². The van der Waals surface area contributed by atoms with Crippen molar-refractivity contribution in [1.29, 1.82) is 0 Å². The van der Waals surface area contributed by atoms with Crippen LogP contribution in [0.4, 0.5) is 11.4 Å². The fourth-order valence-corrected chi connectivity index (χ4v) is 4.00. The maximum atomic E-state index is 12.6. The van der Waals surface area contributed by atoms with Crippen LogP contribution in [0.3, 0.4) is 0 Å². The number of aromatic nitrogens is 3. The number of nitro groups is 1. The number of anilines is 1. The molecule has 0 aliphatic carbocycles. The van der Waals surface area contributed by atoms with Crippen LogP contribution in [0, 0.1) is 10.1 Å². The van der Waals surface area contributed by atoms with Gasteiger partial charge in [-0.15, -0.1) is 15.0 Å². The van der Waals surface area contributed by atoms with Gasteiger partial charge in [-0.3, -0.25) is 20.2 Å². The van der Waals surface area contributed by atoms with Crippen LogP contribution in [-0.2, 0) is 0 Å². The Bertz CT molecular complexity index is 1660. The van der Waals surface area contributed by atoms with Crippen LogP contribution in [0.5, 0.6) is 5.75 Å². The van der Waals surface area contributed by atoms with Gasteiger partial charge in [0.15, 0.2) is 10.9 Å². The lowest BCUT2D eigenvalue weighted by Crippen LogP contribution is -2.34. The number of fused-ring (bicyclic) bond motifs is 2. The molecule has 0 aliphatic heterocycles. The molecule has 178 valence electrons. The zero-order valence-electron chi connectivity index (χ0n) is 18.8. The van der Waals surface area contributed by atoms with Gasteiger partial charge in [-0.2, -0.15) is 0 Å². The van der Waals surface area contributed by atoms with Crippen LogP contribution in [0.25, 0.3) is 27.5 Å². The number of nitro benzene ring substituents is 1. The molecule has 11 heteroatoms. The summed E-state index contributed by atoms with van der Waals surface area (Å²) >= 11 is 5.26. The van der Waals surface area contributed by atoms with E-state index in [2.05, 4.69) is 20.8 Å². The van der Waals surface area contributed by atoms with Gasteiger partial charge in [0.1, 0.15) is 11.0 Å². The normalized spacial score (nSPS) is 10.8. The molecule has 0 saturated carbocycles. The predicted octanol–water partition coefficient (Wildman–Crippen LogP) is 4.62. The predicted molar refractivity (Wildman–Crippen MR) is 140 cm³/mol. The van der Waals surface area contributed by atoms with E-state index in [4.69, 9.17) is 17.0 Å². The van der Waals surface area contributed by atoms with Crippen molar-refractivity contribution in [1.82, 2.24) is 20.3 Å². The largest absolute Gasteiger partial charge is 0.490 e. The third kappa shape index (κ3) is 4.42. The van der Waals surface area contributed by atoms with Crippen LogP contribution in [0.2, 0.25) is 0 Å². The number of amides is 1. The van der Waals surface area contributed by atoms with E-state index < -0.39 is 10.8 Å². The zero-order chi connectivity index (χ0) is 25.2. The van der Waals surface area contributed by atoms with Gasteiger partial charge in [-0.25, -0.2) is 0 Å². The first kappa shape index (κ1) is 22.9. The lowest BCUT2D eigenvalue weighted by molar-refractivity contribution is -0.385. The number of nitrogens with zero attached hydrogens (tertiary/aromatic N) is 4. The average molecular weight is 499 g/mol. The summed E-state index contributed by atoms with van der Waals surface area (Å²) in [4.78, 5) is 24.8. The summed E-state index contributed by atoms with van der Waals surface area (Å²) in [5.74, 6) is -0.539. The second kappa shape index (κ2) is 9.39. The summed E-state index contributed by atoms with van der Waals surface area (Å²) in [5, 5.41) is 28.0. The number of carbonyl (C=O) groups excluding carboxylic acids is 1. The zero-order valence-corrected chi connectivity index (χ0v) is 19.7. The van der Waals surface area contributed by atoms with Crippen LogP contribution < -0.4 is 15.4 Å². The monoisotopic (exact) mass is 498 g/mol. The Kier molecular flexibility index (Phi) is 5.97. The molecular weight excluding hydrogens is 480 g/mol. The molecule has 2 N–H and O–H groups in total. The maximum absolute atomic E-state index is 12.6. The maximum Gasteiger partial charge on any atom is 0.311 e.